The Morgan fingerprint density at radius 1 is 0.500 bits per heavy atom. The molecule has 246 valence electrons. The first-order chi connectivity index (χ1) is 25.7. The Kier molecular flexibility index (Phi) is 7.95. The van der Waals surface area contributed by atoms with E-state index in [1.54, 1.807) is 0 Å². The van der Waals surface area contributed by atoms with Gasteiger partial charge in [0.25, 0.3) is 0 Å². The van der Waals surface area contributed by atoms with E-state index in [2.05, 4.69) is 143 Å². The van der Waals surface area contributed by atoms with E-state index in [1.807, 2.05) is 60.7 Å². The van der Waals surface area contributed by atoms with E-state index in [1.165, 1.54) is 0 Å². The summed E-state index contributed by atoms with van der Waals surface area (Å²) < 4.78 is 2.23. The fourth-order valence-corrected chi connectivity index (χ4v) is 7.08. The summed E-state index contributed by atoms with van der Waals surface area (Å²) in [5, 5.41) is 13.2. The van der Waals surface area contributed by atoms with Crippen LogP contribution in [0.3, 0.4) is 0 Å². The van der Waals surface area contributed by atoms with Crippen LogP contribution in [0.4, 0.5) is 0 Å². The van der Waals surface area contributed by atoms with Crippen molar-refractivity contribution in [3.8, 4) is 28.2 Å². The van der Waals surface area contributed by atoms with Crippen molar-refractivity contribution in [3.05, 3.63) is 216 Å². The molecule has 0 fully saturated rings. The molecule has 0 spiro atoms. The molecule has 0 unspecified atom stereocenters. The van der Waals surface area contributed by atoms with Crippen LogP contribution < -0.4 is 5.32 Å². The van der Waals surface area contributed by atoms with E-state index in [9.17, 15) is 5.41 Å². The molecule has 2 heterocycles. The summed E-state index contributed by atoms with van der Waals surface area (Å²) in [7, 11) is 0. The molecule has 1 aliphatic heterocycles. The predicted octanol–water partition coefficient (Wildman–Crippen LogP) is 11.4. The molecule has 0 radical (unpaired) electrons. The maximum Gasteiger partial charge on any atom is 0.145 e. The second-order valence-electron chi connectivity index (χ2n) is 12.9. The zero-order valence-corrected chi connectivity index (χ0v) is 28.4. The molecule has 0 amide bonds. The zero-order valence-electron chi connectivity index (χ0n) is 28.4. The van der Waals surface area contributed by atoms with Crippen LogP contribution in [0.1, 0.15) is 27.8 Å². The summed E-state index contributed by atoms with van der Waals surface area (Å²) in [6.07, 6.45) is 2.20. The Morgan fingerprint density at radius 3 is 1.73 bits per heavy atom. The average Bonchev–Trinajstić information content (AvgIpc) is 3.62. The van der Waals surface area contributed by atoms with Crippen molar-refractivity contribution in [2.45, 2.75) is 0 Å². The van der Waals surface area contributed by atoms with E-state index < -0.39 is 0 Å². The van der Waals surface area contributed by atoms with Crippen molar-refractivity contribution >= 4 is 39.8 Å². The van der Waals surface area contributed by atoms with E-state index in [0.29, 0.717) is 5.71 Å². The smallest absolute Gasteiger partial charge is 0.145 e. The van der Waals surface area contributed by atoms with Crippen LogP contribution in [0, 0.1) is 5.41 Å². The van der Waals surface area contributed by atoms with E-state index in [-0.39, 0.29) is 0 Å². The number of imidazole rings is 1. The third-order valence-electron chi connectivity index (χ3n) is 9.66. The van der Waals surface area contributed by atoms with Crippen LogP contribution in [0.2, 0.25) is 0 Å². The van der Waals surface area contributed by atoms with Gasteiger partial charge in [0, 0.05) is 33.6 Å². The number of nitrogens with zero attached hydrogens (tertiary/aromatic N) is 2. The average molecular weight is 667 g/mol. The van der Waals surface area contributed by atoms with Crippen LogP contribution >= 0.6 is 0 Å². The predicted molar refractivity (Wildman–Crippen MR) is 216 cm³/mol. The molecule has 0 saturated heterocycles. The summed E-state index contributed by atoms with van der Waals surface area (Å²) in [6.45, 7) is 0. The number of fused-ring (bicyclic) bond motifs is 2. The molecule has 0 atom stereocenters. The minimum atomic E-state index is 0.475. The molecule has 1 aliphatic rings. The first-order valence-corrected chi connectivity index (χ1v) is 17.5. The van der Waals surface area contributed by atoms with Crippen LogP contribution in [0.5, 0.6) is 0 Å². The first-order valence-electron chi connectivity index (χ1n) is 17.5. The Bertz CT molecular complexity index is 2610. The largest absolute Gasteiger partial charge is 0.354 e. The Hall–Kier alpha value is -7.04. The monoisotopic (exact) mass is 666 g/mol. The number of para-hydroxylation sites is 3. The van der Waals surface area contributed by atoms with Gasteiger partial charge in [0.1, 0.15) is 5.82 Å². The maximum atomic E-state index is 9.43. The van der Waals surface area contributed by atoms with Gasteiger partial charge in [-0.3, -0.25) is 9.98 Å². The van der Waals surface area contributed by atoms with Crippen molar-refractivity contribution < 1.29 is 0 Å². The number of hydrogen-bond acceptors (Lipinski definition) is 3. The van der Waals surface area contributed by atoms with Crippen LogP contribution in [-0.4, -0.2) is 15.3 Å². The quantitative estimate of drug-likeness (QED) is 0.166. The minimum absolute atomic E-state index is 0.475. The number of hydrogen-bond donors (Lipinski definition) is 2. The van der Waals surface area contributed by atoms with Gasteiger partial charge in [-0.1, -0.05) is 164 Å². The molecule has 8 aromatic rings. The third kappa shape index (κ3) is 5.72. The van der Waals surface area contributed by atoms with E-state index in [0.717, 1.165) is 84.0 Å². The molecule has 0 bridgehead atoms. The van der Waals surface area contributed by atoms with Crippen molar-refractivity contribution in [3.63, 3.8) is 0 Å². The highest BCUT2D eigenvalue weighted by Crippen LogP contribution is 2.37. The van der Waals surface area contributed by atoms with Crippen LogP contribution in [-0.2, 0) is 0 Å². The SMILES string of the molecule is N=C(/C(=C1\NC(c2ccc(-c3ccc(-c4nc5ccccc5n4-c4ccccc4)cc3)cc2)=Cc2ccccc21)c1ccccc1)c1ccccc1. The molecular weight excluding hydrogens is 633 g/mol. The molecule has 9 rings (SSSR count). The standard InChI is InChI=1S/C48H34N4/c49-46(37-16-6-2-7-17-37)45(36-14-4-1-5-15-36)47-41-21-11-10-18-39(41)32-43(50-47)35-28-24-33(25-29-35)34-26-30-38(31-27-34)48-51-42-22-12-13-23-44(42)52(48)40-19-8-3-9-20-40/h1-32,49-50H/b47-45-,49-46?. The van der Waals surface area contributed by atoms with Crippen LogP contribution in [0.25, 0.3) is 62.3 Å². The molecule has 4 nitrogen and oxygen atoms in total. The first kappa shape index (κ1) is 31.0. The van der Waals surface area contributed by atoms with Gasteiger partial charge < -0.3 is 5.32 Å². The van der Waals surface area contributed by atoms with Gasteiger partial charge in [-0.2, -0.15) is 0 Å². The summed E-state index contributed by atoms with van der Waals surface area (Å²) in [4.78, 5) is 5.04. The summed E-state index contributed by atoms with van der Waals surface area (Å²) in [5.74, 6) is 0.920. The zero-order chi connectivity index (χ0) is 34.9. The van der Waals surface area contributed by atoms with Crippen molar-refractivity contribution in [1.29, 1.82) is 5.41 Å². The second kappa shape index (κ2) is 13.3. The lowest BCUT2D eigenvalue weighted by Crippen LogP contribution is -2.20. The van der Waals surface area contributed by atoms with Crippen molar-refractivity contribution in [2.24, 2.45) is 0 Å². The molecule has 4 heteroatoms. The lowest BCUT2D eigenvalue weighted by Gasteiger charge is -2.26. The Morgan fingerprint density at radius 2 is 1.04 bits per heavy atom. The van der Waals surface area contributed by atoms with Gasteiger partial charge in [0.15, 0.2) is 0 Å². The van der Waals surface area contributed by atoms with Gasteiger partial charge in [0.05, 0.1) is 22.4 Å². The summed E-state index contributed by atoms with van der Waals surface area (Å²) in [5.41, 5.74) is 14.9. The fourth-order valence-electron chi connectivity index (χ4n) is 7.08. The molecule has 0 saturated carbocycles. The number of rotatable bonds is 7. The lowest BCUT2D eigenvalue weighted by molar-refractivity contribution is 1.10. The fraction of sp³-hybridized carbons (Fsp3) is 0. The van der Waals surface area contributed by atoms with E-state index >= 15 is 0 Å². The Labute approximate surface area is 303 Å². The molecule has 7 aromatic carbocycles. The Balaban J connectivity index is 1.06. The van der Waals surface area contributed by atoms with Gasteiger partial charge in [0.2, 0.25) is 0 Å². The topological polar surface area (TPSA) is 53.7 Å². The van der Waals surface area contributed by atoms with Gasteiger partial charge in [-0.05, 0) is 58.2 Å². The highest BCUT2D eigenvalue weighted by atomic mass is 15.1. The summed E-state index contributed by atoms with van der Waals surface area (Å²) >= 11 is 0. The lowest BCUT2D eigenvalue weighted by atomic mass is 9.88. The van der Waals surface area contributed by atoms with E-state index in [4.69, 9.17) is 4.98 Å². The molecule has 1 aromatic heterocycles. The van der Waals surface area contributed by atoms with Crippen molar-refractivity contribution in [1.82, 2.24) is 14.9 Å². The van der Waals surface area contributed by atoms with Gasteiger partial charge >= 0.3 is 0 Å². The maximum absolute atomic E-state index is 9.43. The van der Waals surface area contributed by atoms with Gasteiger partial charge in [-0.25, -0.2) is 4.98 Å². The minimum Gasteiger partial charge on any atom is -0.354 e. The second-order valence-corrected chi connectivity index (χ2v) is 12.9. The number of nitrogens with one attached hydrogen (secondary N) is 2. The van der Waals surface area contributed by atoms with Gasteiger partial charge in [-0.15, -0.1) is 0 Å². The highest BCUT2D eigenvalue weighted by molar-refractivity contribution is 6.36. The molecule has 52 heavy (non-hydrogen) atoms. The number of aromatic nitrogens is 2. The molecule has 2 N–H and O–H groups in total. The van der Waals surface area contributed by atoms with Crippen molar-refractivity contribution in [2.75, 3.05) is 0 Å². The molecule has 0 aliphatic carbocycles. The third-order valence-corrected chi connectivity index (χ3v) is 9.66. The summed E-state index contributed by atoms with van der Waals surface area (Å²) in [6, 6.07) is 64.7. The molecular formula is C48H34N4. The van der Waals surface area contributed by atoms with Crippen LogP contribution in [0.15, 0.2) is 188 Å². The highest BCUT2D eigenvalue weighted by Gasteiger charge is 2.23. The number of allylic oxidation sites excluding steroid dienone is 1. The normalized spacial score (nSPS) is 13.2. The number of benzene rings is 7.